The first-order chi connectivity index (χ1) is 12.3. The van der Waals surface area contributed by atoms with Crippen molar-refractivity contribution in [1.29, 1.82) is 0 Å². The first kappa shape index (κ1) is 14.3. The molecule has 2 unspecified atom stereocenters. The zero-order valence-corrected chi connectivity index (χ0v) is 13.3. The monoisotopic (exact) mass is 334 g/mol. The van der Waals surface area contributed by atoms with Crippen LogP contribution in [0.25, 0.3) is 0 Å². The second-order valence-corrected chi connectivity index (χ2v) is 6.18. The zero-order valence-electron chi connectivity index (χ0n) is 13.3. The highest BCUT2D eigenvalue weighted by atomic mass is 19.1. The first-order valence-corrected chi connectivity index (χ1v) is 8.20. The van der Waals surface area contributed by atoms with Gasteiger partial charge in [-0.3, -0.25) is 0 Å². The summed E-state index contributed by atoms with van der Waals surface area (Å²) in [7, 11) is 0. The largest absolute Gasteiger partial charge is 0.464 e. The smallest absolute Gasteiger partial charge is 0.213 e. The number of hydrazone groups is 1. The molecule has 3 heterocycles. The maximum atomic E-state index is 13.3. The Morgan fingerprint density at radius 2 is 1.84 bits per heavy atom. The maximum absolute atomic E-state index is 13.3. The third kappa shape index (κ3) is 2.31. The van der Waals surface area contributed by atoms with E-state index in [1.165, 1.54) is 12.1 Å². The molecular formula is C20H15FN2O2. The summed E-state index contributed by atoms with van der Waals surface area (Å²) >= 11 is 0. The number of benzene rings is 2. The van der Waals surface area contributed by atoms with Crippen molar-refractivity contribution in [3.8, 4) is 5.75 Å². The van der Waals surface area contributed by atoms with Gasteiger partial charge in [-0.15, -0.1) is 0 Å². The Labute approximate surface area is 144 Å². The average Bonchev–Trinajstić information content (AvgIpc) is 3.31. The fraction of sp³-hybridized carbons (Fsp3) is 0.150. The normalized spacial score (nSPS) is 21.3. The quantitative estimate of drug-likeness (QED) is 0.684. The van der Waals surface area contributed by atoms with Gasteiger partial charge < -0.3 is 9.15 Å². The van der Waals surface area contributed by atoms with Crippen molar-refractivity contribution in [3.05, 3.63) is 89.6 Å². The molecule has 0 saturated heterocycles. The Balaban J connectivity index is 1.60. The highest BCUT2D eigenvalue weighted by Crippen LogP contribution is 2.47. The van der Waals surface area contributed by atoms with Gasteiger partial charge in [0.25, 0.3) is 0 Å². The fourth-order valence-electron chi connectivity index (χ4n) is 3.47. The van der Waals surface area contributed by atoms with E-state index in [1.54, 1.807) is 18.4 Å². The number of hydrogen-bond acceptors (Lipinski definition) is 4. The van der Waals surface area contributed by atoms with Gasteiger partial charge in [0.15, 0.2) is 0 Å². The number of nitrogens with zero attached hydrogens (tertiary/aromatic N) is 2. The number of halogens is 1. The van der Waals surface area contributed by atoms with Crippen molar-refractivity contribution in [2.24, 2.45) is 5.10 Å². The number of fused-ring (bicyclic) bond motifs is 3. The molecule has 0 spiro atoms. The predicted octanol–water partition coefficient (Wildman–Crippen LogP) is 4.66. The lowest BCUT2D eigenvalue weighted by Crippen LogP contribution is -2.33. The van der Waals surface area contributed by atoms with Crippen molar-refractivity contribution in [1.82, 2.24) is 5.01 Å². The molecule has 2 aromatic carbocycles. The molecule has 0 amide bonds. The molecule has 0 N–H and O–H groups in total. The lowest BCUT2D eigenvalue weighted by Gasteiger charge is -2.38. The van der Waals surface area contributed by atoms with Crippen LogP contribution < -0.4 is 4.74 Å². The second kappa shape index (κ2) is 5.48. The Bertz CT molecular complexity index is 935. The molecule has 3 aromatic rings. The minimum Gasteiger partial charge on any atom is -0.464 e. The molecule has 2 atom stereocenters. The van der Waals surface area contributed by atoms with E-state index in [-0.39, 0.29) is 11.9 Å². The van der Waals surface area contributed by atoms with E-state index < -0.39 is 6.23 Å². The first-order valence-electron chi connectivity index (χ1n) is 8.20. The molecule has 124 valence electrons. The van der Waals surface area contributed by atoms with Crippen LogP contribution in [0.3, 0.4) is 0 Å². The van der Waals surface area contributed by atoms with E-state index in [2.05, 4.69) is 6.07 Å². The third-order valence-electron chi connectivity index (χ3n) is 4.66. The van der Waals surface area contributed by atoms with Crippen LogP contribution in [0.1, 0.15) is 35.6 Å². The van der Waals surface area contributed by atoms with Crippen molar-refractivity contribution in [2.75, 3.05) is 0 Å². The van der Waals surface area contributed by atoms with Gasteiger partial charge in [0, 0.05) is 17.5 Å². The SMILES string of the molecule is Fc1ccc(C2Oc3ccccc3C3CC(c4ccco4)=NN32)cc1. The molecule has 2 aliphatic rings. The topological polar surface area (TPSA) is 38.0 Å². The number of para-hydroxylation sites is 1. The van der Waals surface area contributed by atoms with Gasteiger partial charge in [0.05, 0.1) is 12.3 Å². The summed E-state index contributed by atoms with van der Waals surface area (Å²) < 4.78 is 25.0. The molecule has 5 heteroatoms. The predicted molar refractivity (Wildman–Crippen MR) is 90.7 cm³/mol. The lowest BCUT2D eigenvalue weighted by atomic mass is 9.97. The summed E-state index contributed by atoms with van der Waals surface area (Å²) in [6.45, 7) is 0. The third-order valence-corrected chi connectivity index (χ3v) is 4.66. The Hall–Kier alpha value is -3.08. The Morgan fingerprint density at radius 1 is 1.00 bits per heavy atom. The summed E-state index contributed by atoms with van der Waals surface area (Å²) in [6.07, 6.45) is 2.00. The second-order valence-electron chi connectivity index (χ2n) is 6.18. The zero-order chi connectivity index (χ0) is 16.8. The minimum atomic E-state index is -0.395. The number of hydrogen-bond donors (Lipinski definition) is 0. The fourth-order valence-corrected chi connectivity index (χ4v) is 3.47. The van der Waals surface area contributed by atoms with E-state index >= 15 is 0 Å². The molecule has 0 saturated carbocycles. The highest BCUT2D eigenvalue weighted by molar-refractivity contribution is 5.99. The van der Waals surface area contributed by atoms with E-state index in [1.807, 2.05) is 35.3 Å². The minimum absolute atomic E-state index is 0.0695. The Kier molecular flexibility index (Phi) is 3.13. The molecule has 0 fully saturated rings. The van der Waals surface area contributed by atoms with E-state index in [0.717, 1.165) is 34.8 Å². The van der Waals surface area contributed by atoms with Crippen LogP contribution in [0.15, 0.2) is 76.4 Å². The number of rotatable bonds is 2. The molecule has 2 aliphatic heterocycles. The van der Waals surface area contributed by atoms with Crippen LogP contribution in [0.5, 0.6) is 5.75 Å². The average molecular weight is 334 g/mol. The molecule has 4 nitrogen and oxygen atoms in total. The molecule has 0 bridgehead atoms. The Morgan fingerprint density at radius 3 is 2.64 bits per heavy atom. The van der Waals surface area contributed by atoms with Crippen LogP contribution in [-0.2, 0) is 0 Å². The molecular weight excluding hydrogens is 319 g/mol. The van der Waals surface area contributed by atoms with Gasteiger partial charge in [-0.1, -0.05) is 30.3 Å². The van der Waals surface area contributed by atoms with Gasteiger partial charge in [0.2, 0.25) is 6.23 Å². The van der Waals surface area contributed by atoms with E-state index in [4.69, 9.17) is 14.3 Å². The summed E-state index contributed by atoms with van der Waals surface area (Å²) in [5.74, 6) is 1.34. The lowest BCUT2D eigenvalue weighted by molar-refractivity contribution is -0.0190. The highest BCUT2D eigenvalue weighted by Gasteiger charge is 2.41. The van der Waals surface area contributed by atoms with E-state index in [0.29, 0.717) is 0 Å². The summed E-state index contributed by atoms with van der Waals surface area (Å²) in [5.41, 5.74) is 2.86. The van der Waals surface area contributed by atoms with Gasteiger partial charge in [-0.25, -0.2) is 9.40 Å². The van der Waals surface area contributed by atoms with Crippen LogP contribution in [0.4, 0.5) is 4.39 Å². The summed E-state index contributed by atoms with van der Waals surface area (Å²) in [6, 6.07) is 18.2. The molecule has 0 radical (unpaired) electrons. The van der Waals surface area contributed by atoms with Crippen LogP contribution in [-0.4, -0.2) is 10.7 Å². The van der Waals surface area contributed by atoms with Crippen molar-refractivity contribution >= 4 is 5.71 Å². The van der Waals surface area contributed by atoms with Crippen LogP contribution >= 0.6 is 0 Å². The maximum Gasteiger partial charge on any atom is 0.213 e. The van der Waals surface area contributed by atoms with Crippen LogP contribution in [0.2, 0.25) is 0 Å². The molecule has 1 aromatic heterocycles. The van der Waals surface area contributed by atoms with Gasteiger partial charge in [-0.05, 0) is 30.3 Å². The number of ether oxygens (including phenoxy) is 1. The van der Waals surface area contributed by atoms with Gasteiger partial charge in [0.1, 0.15) is 23.0 Å². The number of furan rings is 1. The van der Waals surface area contributed by atoms with Crippen LogP contribution in [0, 0.1) is 5.82 Å². The standard InChI is InChI=1S/C20H15FN2O2/c21-14-9-7-13(8-10-14)20-23-17(15-4-1-2-5-18(15)25-20)12-16(22-23)19-6-3-11-24-19/h1-11,17,20H,12H2. The van der Waals surface area contributed by atoms with Gasteiger partial charge in [-0.2, -0.15) is 5.10 Å². The summed E-state index contributed by atoms with van der Waals surface area (Å²) in [4.78, 5) is 0. The molecule has 25 heavy (non-hydrogen) atoms. The van der Waals surface area contributed by atoms with Gasteiger partial charge >= 0.3 is 0 Å². The molecule has 5 rings (SSSR count). The van der Waals surface area contributed by atoms with Crippen molar-refractivity contribution in [2.45, 2.75) is 18.7 Å². The van der Waals surface area contributed by atoms with Crippen molar-refractivity contribution in [3.63, 3.8) is 0 Å². The summed E-state index contributed by atoms with van der Waals surface area (Å²) in [5, 5.41) is 6.72. The van der Waals surface area contributed by atoms with E-state index in [9.17, 15) is 4.39 Å². The van der Waals surface area contributed by atoms with Crippen molar-refractivity contribution < 1.29 is 13.5 Å². The molecule has 0 aliphatic carbocycles.